The van der Waals surface area contributed by atoms with Crippen LogP contribution in [0.3, 0.4) is 0 Å². The molecule has 0 atom stereocenters. The molecule has 0 spiro atoms. The Labute approximate surface area is 138 Å². The Hall–Kier alpha value is -2.40. The summed E-state index contributed by atoms with van der Waals surface area (Å²) in [5.41, 5.74) is 0.945. The second kappa shape index (κ2) is 7.24. The molecule has 6 heteroatoms. The topological polar surface area (TPSA) is 58.2 Å². The van der Waals surface area contributed by atoms with Gasteiger partial charge in [0.15, 0.2) is 5.82 Å². The van der Waals surface area contributed by atoms with Crippen LogP contribution in [-0.2, 0) is 4.79 Å². The van der Waals surface area contributed by atoms with Gasteiger partial charge >= 0.3 is 0 Å². The van der Waals surface area contributed by atoms with Gasteiger partial charge in [0.1, 0.15) is 0 Å². The molecule has 0 bridgehead atoms. The van der Waals surface area contributed by atoms with Gasteiger partial charge < -0.3 is 10.6 Å². The maximum atomic E-state index is 13.8. The molecule has 0 aliphatic carbocycles. The van der Waals surface area contributed by atoms with E-state index in [2.05, 4.69) is 10.6 Å². The molecule has 120 valence electrons. The molecule has 0 saturated heterocycles. The fourth-order valence-corrected chi connectivity index (χ4v) is 1.96. The van der Waals surface area contributed by atoms with Crippen LogP contribution < -0.4 is 10.6 Å². The van der Waals surface area contributed by atoms with Crippen LogP contribution in [0.1, 0.15) is 24.2 Å². The minimum absolute atomic E-state index is 0.0136. The second-order valence-corrected chi connectivity index (χ2v) is 5.68. The number of rotatable bonds is 4. The Morgan fingerprint density at radius 3 is 2.30 bits per heavy atom. The fourth-order valence-electron chi connectivity index (χ4n) is 1.79. The van der Waals surface area contributed by atoms with E-state index >= 15 is 0 Å². The lowest BCUT2D eigenvalue weighted by Crippen LogP contribution is -2.18. The Balaban J connectivity index is 2.08. The molecule has 4 nitrogen and oxygen atoms in total. The molecule has 2 rings (SSSR count). The van der Waals surface area contributed by atoms with Crippen LogP contribution in [0, 0.1) is 11.7 Å². The number of carbonyl (C=O) groups is 2. The largest absolute Gasteiger partial charge is 0.326 e. The van der Waals surface area contributed by atoms with Gasteiger partial charge in [-0.2, -0.15) is 0 Å². The molecule has 0 aliphatic heterocycles. The molecular weight excluding hydrogens is 319 g/mol. The van der Waals surface area contributed by atoms with Gasteiger partial charge in [-0.25, -0.2) is 4.39 Å². The maximum absolute atomic E-state index is 13.8. The van der Waals surface area contributed by atoms with Crippen molar-refractivity contribution in [3.63, 3.8) is 0 Å². The highest BCUT2D eigenvalue weighted by molar-refractivity contribution is 6.31. The van der Waals surface area contributed by atoms with Gasteiger partial charge in [-0.1, -0.05) is 31.5 Å². The van der Waals surface area contributed by atoms with E-state index < -0.39 is 11.7 Å². The van der Waals surface area contributed by atoms with Crippen LogP contribution in [0.15, 0.2) is 42.5 Å². The molecule has 0 unspecified atom stereocenters. The number of halogens is 2. The van der Waals surface area contributed by atoms with Gasteiger partial charge in [0, 0.05) is 17.2 Å². The van der Waals surface area contributed by atoms with Crippen LogP contribution in [0.2, 0.25) is 5.02 Å². The number of hydrogen-bond acceptors (Lipinski definition) is 2. The summed E-state index contributed by atoms with van der Waals surface area (Å²) in [4.78, 5) is 23.7. The molecule has 0 fully saturated rings. The van der Waals surface area contributed by atoms with Crippen LogP contribution in [0.25, 0.3) is 0 Å². The van der Waals surface area contributed by atoms with E-state index in [-0.39, 0.29) is 22.5 Å². The van der Waals surface area contributed by atoms with Crippen molar-refractivity contribution in [1.29, 1.82) is 0 Å². The van der Waals surface area contributed by atoms with Gasteiger partial charge in [-0.05, 0) is 36.4 Å². The minimum atomic E-state index is -0.677. The lowest BCUT2D eigenvalue weighted by atomic mass is 10.1. The predicted octanol–water partition coefficient (Wildman–Crippen LogP) is 4.33. The number of anilines is 2. The van der Waals surface area contributed by atoms with E-state index in [0.29, 0.717) is 11.3 Å². The van der Waals surface area contributed by atoms with E-state index in [4.69, 9.17) is 11.6 Å². The normalized spacial score (nSPS) is 10.5. The number of hydrogen-bond donors (Lipinski definition) is 2. The highest BCUT2D eigenvalue weighted by Crippen LogP contribution is 2.22. The molecule has 0 saturated carbocycles. The molecular formula is C17H16ClFN2O2. The van der Waals surface area contributed by atoms with Gasteiger partial charge in [-0.15, -0.1) is 0 Å². The first kappa shape index (κ1) is 17.0. The third kappa shape index (κ3) is 4.29. The van der Waals surface area contributed by atoms with E-state index in [1.165, 1.54) is 12.1 Å². The van der Waals surface area contributed by atoms with Crippen molar-refractivity contribution in [3.05, 3.63) is 58.9 Å². The van der Waals surface area contributed by atoms with Crippen LogP contribution in [0.4, 0.5) is 15.8 Å². The molecule has 2 amide bonds. The van der Waals surface area contributed by atoms with Crippen molar-refractivity contribution in [2.24, 2.45) is 5.92 Å². The summed E-state index contributed by atoms with van der Waals surface area (Å²) in [6, 6.07) is 10.7. The highest BCUT2D eigenvalue weighted by atomic mass is 35.5. The lowest BCUT2D eigenvalue weighted by molar-refractivity contribution is -0.118. The Morgan fingerprint density at radius 1 is 1.04 bits per heavy atom. The summed E-state index contributed by atoms with van der Waals surface area (Å²) in [5, 5.41) is 5.13. The van der Waals surface area contributed by atoms with Crippen molar-refractivity contribution >= 4 is 34.8 Å². The number of nitrogens with one attached hydrogen (secondary N) is 2. The van der Waals surface area contributed by atoms with Crippen molar-refractivity contribution in [1.82, 2.24) is 0 Å². The first-order valence-electron chi connectivity index (χ1n) is 7.04. The summed E-state index contributed by atoms with van der Waals surface area (Å²) < 4.78 is 13.8. The monoisotopic (exact) mass is 334 g/mol. The smallest absolute Gasteiger partial charge is 0.255 e. The second-order valence-electron chi connectivity index (χ2n) is 5.28. The highest BCUT2D eigenvalue weighted by Gasteiger charge is 2.12. The van der Waals surface area contributed by atoms with Crippen LogP contribution >= 0.6 is 11.6 Å². The van der Waals surface area contributed by atoms with Crippen LogP contribution in [-0.4, -0.2) is 11.8 Å². The average molecular weight is 335 g/mol. The maximum Gasteiger partial charge on any atom is 0.255 e. The standard InChI is InChI=1S/C17H16ClFN2O2/c1-10(2)16(22)20-12-8-6-11(7-9-12)17(23)21-14-5-3-4-13(18)15(14)19/h3-10H,1-2H3,(H,20,22)(H,21,23). The van der Waals surface area contributed by atoms with E-state index in [0.717, 1.165) is 0 Å². The molecule has 2 N–H and O–H groups in total. The molecule has 0 aliphatic rings. The fraction of sp³-hybridized carbons (Fsp3) is 0.176. The quantitative estimate of drug-likeness (QED) is 0.874. The van der Waals surface area contributed by atoms with Gasteiger partial charge in [0.25, 0.3) is 5.91 Å². The average Bonchev–Trinajstić information content (AvgIpc) is 2.52. The zero-order valence-corrected chi connectivity index (χ0v) is 13.4. The molecule has 2 aromatic rings. The van der Waals surface area contributed by atoms with Crippen LogP contribution in [0.5, 0.6) is 0 Å². The SMILES string of the molecule is CC(C)C(=O)Nc1ccc(C(=O)Nc2cccc(Cl)c2F)cc1. The predicted molar refractivity (Wildman–Crippen MR) is 89.3 cm³/mol. The number of benzene rings is 2. The Morgan fingerprint density at radius 2 is 1.70 bits per heavy atom. The lowest BCUT2D eigenvalue weighted by Gasteiger charge is -2.09. The summed E-state index contributed by atoms with van der Waals surface area (Å²) in [6.45, 7) is 3.58. The van der Waals surface area contributed by atoms with Gasteiger partial charge in [0.2, 0.25) is 5.91 Å². The van der Waals surface area contributed by atoms with Crippen molar-refractivity contribution in [2.75, 3.05) is 10.6 Å². The minimum Gasteiger partial charge on any atom is -0.326 e. The van der Waals surface area contributed by atoms with Crippen molar-refractivity contribution < 1.29 is 14.0 Å². The number of amides is 2. The van der Waals surface area contributed by atoms with E-state index in [1.807, 2.05) is 0 Å². The molecule has 0 aromatic heterocycles. The molecule has 0 radical (unpaired) electrons. The third-order valence-corrected chi connectivity index (χ3v) is 3.43. The van der Waals surface area contributed by atoms with Gasteiger partial charge in [0.05, 0.1) is 10.7 Å². The summed E-state index contributed by atoms with van der Waals surface area (Å²) in [6.07, 6.45) is 0. The zero-order chi connectivity index (χ0) is 17.0. The Bertz CT molecular complexity index is 730. The first-order chi connectivity index (χ1) is 10.9. The summed E-state index contributed by atoms with van der Waals surface area (Å²) >= 11 is 5.67. The Kier molecular flexibility index (Phi) is 5.34. The summed E-state index contributed by atoms with van der Waals surface area (Å²) in [5.74, 6) is -1.39. The van der Waals surface area contributed by atoms with Crippen molar-refractivity contribution in [2.45, 2.75) is 13.8 Å². The van der Waals surface area contributed by atoms with Gasteiger partial charge in [-0.3, -0.25) is 9.59 Å². The first-order valence-corrected chi connectivity index (χ1v) is 7.42. The van der Waals surface area contributed by atoms with Crippen molar-refractivity contribution in [3.8, 4) is 0 Å². The van der Waals surface area contributed by atoms with E-state index in [9.17, 15) is 14.0 Å². The third-order valence-electron chi connectivity index (χ3n) is 3.14. The summed E-state index contributed by atoms with van der Waals surface area (Å²) in [7, 11) is 0. The molecule has 2 aromatic carbocycles. The number of carbonyl (C=O) groups excluding carboxylic acids is 2. The van der Waals surface area contributed by atoms with E-state index in [1.54, 1.807) is 44.2 Å². The zero-order valence-electron chi connectivity index (χ0n) is 12.7. The molecule has 0 heterocycles. The molecule has 23 heavy (non-hydrogen) atoms.